The zero-order chi connectivity index (χ0) is 15.2. The van der Waals surface area contributed by atoms with Crippen molar-refractivity contribution < 1.29 is 4.92 Å². The lowest BCUT2D eigenvalue weighted by atomic mass is 10.0. The molecule has 1 saturated heterocycles. The summed E-state index contributed by atoms with van der Waals surface area (Å²) in [6.07, 6.45) is 2.99. The van der Waals surface area contributed by atoms with Crippen LogP contribution in [0.3, 0.4) is 0 Å². The maximum Gasteiger partial charge on any atom is 0.310 e. The van der Waals surface area contributed by atoms with Crippen molar-refractivity contribution in [2.24, 2.45) is 0 Å². The van der Waals surface area contributed by atoms with Crippen molar-refractivity contribution in [1.82, 2.24) is 5.32 Å². The maximum atomic E-state index is 11.4. The van der Waals surface area contributed by atoms with Crippen molar-refractivity contribution in [3.63, 3.8) is 0 Å². The number of rotatable bonds is 5. The number of hydrogen-bond donors (Lipinski definition) is 1. The Balaban J connectivity index is 2.44. The van der Waals surface area contributed by atoms with Gasteiger partial charge in [0, 0.05) is 19.1 Å². The molecule has 1 aliphatic heterocycles. The molecule has 1 heterocycles. The van der Waals surface area contributed by atoms with Crippen LogP contribution in [0.5, 0.6) is 0 Å². The van der Waals surface area contributed by atoms with Gasteiger partial charge in [-0.1, -0.05) is 13.0 Å². The van der Waals surface area contributed by atoms with Gasteiger partial charge >= 0.3 is 5.69 Å². The summed E-state index contributed by atoms with van der Waals surface area (Å²) in [6.45, 7) is 4.63. The van der Waals surface area contributed by atoms with E-state index >= 15 is 0 Å². The number of anilines is 1. The fourth-order valence-electron chi connectivity index (χ4n) is 2.89. The molecule has 0 amide bonds. The highest BCUT2D eigenvalue weighted by molar-refractivity contribution is 5.70. The SMILES string of the molecule is CCCN(c1cccc(C#N)c1[N+](=O)[O-])C1CCCNC1. The predicted octanol–water partition coefficient (Wildman–Crippen LogP) is 2.43. The van der Waals surface area contributed by atoms with E-state index in [9.17, 15) is 10.1 Å². The van der Waals surface area contributed by atoms with Crippen molar-refractivity contribution in [3.8, 4) is 6.07 Å². The summed E-state index contributed by atoms with van der Waals surface area (Å²) < 4.78 is 0. The quantitative estimate of drug-likeness (QED) is 0.664. The number of nitro groups is 1. The minimum Gasteiger partial charge on any atom is -0.362 e. The smallest absolute Gasteiger partial charge is 0.310 e. The van der Waals surface area contributed by atoms with Crippen molar-refractivity contribution >= 4 is 11.4 Å². The van der Waals surface area contributed by atoms with E-state index in [1.54, 1.807) is 12.1 Å². The Hall–Kier alpha value is -2.13. The first-order valence-corrected chi connectivity index (χ1v) is 7.34. The highest BCUT2D eigenvalue weighted by atomic mass is 16.6. The van der Waals surface area contributed by atoms with Crippen molar-refractivity contribution in [1.29, 1.82) is 5.26 Å². The van der Waals surface area contributed by atoms with Crippen LogP contribution in [0.15, 0.2) is 18.2 Å². The third kappa shape index (κ3) is 3.31. The average molecular weight is 288 g/mol. The molecule has 0 aliphatic carbocycles. The fourth-order valence-corrected chi connectivity index (χ4v) is 2.89. The molecule has 1 fully saturated rings. The zero-order valence-corrected chi connectivity index (χ0v) is 12.2. The van der Waals surface area contributed by atoms with Gasteiger partial charge in [-0.25, -0.2) is 0 Å². The number of piperidine rings is 1. The standard InChI is InChI=1S/C15H20N4O2/c1-2-9-18(13-6-4-8-17-11-13)14-7-3-5-12(10-16)15(14)19(20)21/h3,5,7,13,17H,2,4,6,8-9,11H2,1H3. The number of benzene rings is 1. The Labute approximate surface area is 124 Å². The molecule has 0 spiro atoms. The topological polar surface area (TPSA) is 82.2 Å². The summed E-state index contributed by atoms with van der Waals surface area (Å²) in [7, 11) is 0. The highest BCUT2D eigenvalue weighted by Crippen LogP contribution is 2.33. The number of nitro benzene ring substituents is 1. The van der Waals surface area contributed by atoms with Gasteiger partial charge in [0.25, 0.3) is 0 Å². The first-order chi connectivity index (χ1) is 10.2. The van der Waals surface area contributed by atoms with E-state index in [1.165, 1.54) is 6.07 Å². The minimum atomic E-state index is -0.438. The second-order valence-corrected chi connectivity index (χ2v) is 5.24. The van der Waals surface area contributed by atoms with Crippen molar-refractivity contribution in [3.05, 3.63) is 33.9 Å². The van der Waals surface area contributed by atoms with Gasteiger partial charge in [0.2, 0.25) is 0 Å². The lowest BCUT2D eigenvalue weighted by molar-refractivity contribution is -0.384. The van der Waals surface area contributed by atoms with E-state index in [4.69, 9.17) is 5.26 Å². The molecule has 1 N–H and O–H groups in total. The summed E-state index contributed by atoms with van der Waals surface area (Å²) in [5.41, 5.74) is 0.621. The molecule has 0 bridgehead atoms. The van der Waals surface area contributed by atoms with Crippen LogP contribution in [0, 0.1) is 21.4 Å². The Morgan fingerprint density at radius 1 is 1.57 bits per heavy atom. The van der Waals surface area contributed by atoms with Gasteiger partial charge < -0.3 is 10.2 Å². The predicted molar refractivity (Wildman–Crippen MR) is 81.3 cm³/mol. The van der Waals surface area contributed by atoms with Gasteiger partial charge in [0.1, 0.15) is 17.3 Å². The summed E-state index contributed by atoms with van der Waals surface area (Å²) >= 11 is 0. The van der Waals surface area contributed by atoms with Crippen LogP contribution in [-0.2, 0) is 0 Å². The Morgan fingerprint density at radius 3 is 2.95 bits per heavy atom. The van der Waals surface area contributed by atoms with Gasteiger partial charge in [-0.2, -0.15) is 5.26 Å². The summed E-state index contributed by atoms with van der Waals surface area (Å²) in [5, 5.41) is 23.9. The number of nitrogens with zero attached hydrogens (tertiary/aromatic N) is 3. The van der Waals surface area contributed by atoms with Crippen molar-refractivity contribution in [2.75, 3.05) is 24.5 Å². The van der Waals surface area contributed by atoms with Crippen LogP contribution in [0.2, 0.25) is 0 Å². The third-order valence-electron chi connectivity index (χ3n) is 3.80. The Bertz CT molecular complexity index is 547. The molecule has 1 aromatic rings. The molecule has 0 aromatic heterocycles. The lowest BCUT2D eigenvalue weighted by Crippen LogP contribution is -2.46. The van der Waals surface area contributed by atoms with Gasteiger partial charge in [-0.3, -0.25) is 10.1 Å². The Morgan fingerprint density at radius 2 is 2.38 bits per heavy atom. The second-order valence-electron chi connectivity index (χ2n) is 5.24. The average Bonchev–Trinajstić information content (AvgIpc) is 2.52. The fraction of sp³-hybridized carbons (Fsp3) is 0.533. The van der Waals surface area contributed by atoms with E-state index in [-0.39, 0.29) is 17.3 Å². The summed E-state index contributed by atoms with van der Waals surface area (Å²) in [5.74, 6) is 0. The Kier molecular flexibility index (Phi) is 5.12. The van der Waals surface area contributed by atoms with Crippen LogP contribution in [0.4, 0.5) is 11.4 Å². The normalized spacial score (nSPS) is 18.0. The first-order valence-electron chi connectivity index (χ1n) is 7.34. The van der Waals surface area contributed by atoms with Gasteiger partial charge in [0.05, 0.1) is 4.92 Å². The molecule has 21 heavy (non-hydrogen) atoms. The van der Waals surface area contributed by atoms with E-state index in [0.29, 0.717) is 5.69 Å². The molecule has 1 atom stereocenters. The molecular weight excluding hydrogens is 268 g/mol. The third-order valence-corrected chi connectivity index (χ3v) is 3.80. The molecule has 0 radical (unpaired) electrons. The van der Waals surface area contributed by atoms with E-state index < -0.39 is 4.92 Å². The summed E-state index contributed by atoms with van der Waals surface area (Å²) in [4.78, 5) is 13.1. The van der Waals surface area contributed by atoms with Crippen LogP contribution in [0.1, 0.15) is 31.7 Å². The monoisotopic (exact) mass is 288 g/mol. The zero-order valence-electron chi connectivity index (χ0n) is 12.2. The molecular formula is C15H20N4O2. The number of hydrogen-bond acceptors (Lipinski definition) is 5. The van der Waals surface area contributed by atoms with E-state index in [1.807, 2.05) is 6.07 Å². The molecule has 1 aliphatic rings. The highest BCUT2D eigenvalue weighted by Gasteiger charge is 2.28. The first kappa shape index (κ1) is 15.3. The van der Waals surface area contributed by atoms with Crippen molar-refractivity contribution in [2.45, 2.75) is 32.2 Å². The van der Waals surface area contributed by atoms with Crippen LogP contribution in [0.25, 0.3) is 0 Å². The molecule has 6 heteroatoms. The molecule has 112 valence electrons. The number of nitrogens with one attached hydrogen (secondary N) is 1. The van der Waals surface area contributed by atoms with Gasteiger partial charge in [0.15, 0.2) is 0 Å². The van der Waals surface area contributed by atoms with E-state index in [2.05, 4.69) is 17.1 Å². The largest absolute Gasteiger partial charge is 0.362 e. The number of para-hydroxylation sites is 1. The van der Waals surface area contributed by atoms with Crippen LogP contribution < -0.4 is 10.2 Å². The van der Waals surface area contributed by atoms with Crippen LogP contribution in [-0.4, -0.2) is 30.6 Å². The molecule has 6 nitrogen and oxygen atoms in total. The maximum absolute atomic E-state index is 11.4. The minimum absolute atomic E-state index is 0.0703. The van der Waals surface area contributed by atoms with Crippen LogP contribution >= 0.6 is 0 Å². The van der Waals surface area contributed by atoms with Gasteiger partial charge in [-0.05, 0) is 37.9 Å². The number of nitriles is 1. The molecule has 2 rings (SSSR count). The summed E-state index contributed by atoms with van der Waals surface area (Å²) in [6, 6.07) is 7.16. The van der Waals surface area contributed by atoms with E-state index in [0.717, 1.165) is 38.9 Å². The molecule has 1 aromatic carbocycles. The lowest BCUT2D eigenvalue weighted by Gasteiger charge is -2.36. The van der Waals surface area contributed by atoms with Gasteiger partial charge in [-0.15, -0.1) is 0 Å². The molecule has 0 saturated carbocycles. The molecule has 1 unspecified atom stereocenters. The second kappa shape index (κ2) is 7.04.